The summed E-state index contributed by atoms with van der Waals surface area (Å²) in [6, 6.07) is 10.1. The van der Waals surface area contributed by atoms with Gasteiger partial charge < -0.3 is 41.4 Å². The van der Waals surface area contributed by atoms with E-state index in [1.807, 2.05) is 36.4 Å². The van der Waals surface area contributed by atoms with Crippen molar-refractivity contribution in [2.75, 3.05) is 39.2 Å². The quantitative estimate of drug-likeness (QED) is 0.136. The van der Waals surface area contributed by atoms with Gasteiger partial charge in [-0.3, -0.25) is 14.6 Å². The highest BCUT2D eigenvalue weighted by Gasteiger charge is 2.45. The van der Waals surface area contributed by atoms with E-state index in [4.69, 9.17) is 21.1 Å². The molecule has 1 aromatic carbocycles. The Morgan fingerprint density at radius 1 is 0.927 bits per heavy atom. The highest BCUT2D eigenvalue weighted by Crippen LogP contribution is 2.48. The second-order valence-electron chi connectivity index (χ2n) is 14.2. The number of amides is 2. The minimum atomic E-state index is -4.70. The van der Waals surface area contributed by atoms with E-state index >= 15 is 0 Å². The molecule has 4 atom stereocenters. The number of carbonyl (C=O) groups is 2. The molecule has 0 radical (unpaired) electrons. The van der Waals surface area contributed by atoms with E-state index in [2.05, 4.69) is 41.9 Å². The first-order chi connectivity index (χ1) is 26.5. The number of alkyl halides is 3. The topological polar surface area (TPSA) is 151 Å². The first-order valence-corrected chi connectivity index (χ1v) is 18.8. The summed E-state index contributed by atoms with van der Waals surface area (Å²) in [5, 5.41) is 19.6. The van der Waals surface area contributed by atoms with E-state index in [1.165, 1.54) is 7.11 Å². The van der Waals surface area contributed by atoms with E-state index < -0.39 is 23.3 Å². The number of anilines is 1. The number of aromatic nitrogens is 2. The van der Waals surface area contributed by atoms with Gasteiger partial charge in [-0.15, -0.1) is 0 Å². The molecular formula is C39H44ClF3N8O4. The highest BCUT2D eigenvalue weighted by molar-refractivity contribution is 6.31. The third-order valence-electron chi connectivity index (χ3n) is 10.7. The number of benzene rings is 1. The van der Waals surface area contributed by atoms with Crippen molar-refractivity contribution in [3.05, 3.63) is 105 Å². The van der Waals surface area contributed by atoms with Crippen LogP contribution in [0.5, 0.6) is 5.88 Å². The van der Waals surface area contributed by atoms with Crippen LogP contribution in [0.25, 0.3) is 0 Å². The number of nitrogens with one attached hydrogen (secondary N) is 6. The molecule has 292 valence electrons. The largest absolute Gasteiger partial charge is 0.482 e. The predicted octanol–water partition coefficient (Wildman–Crippen LogP) is 4.67. The van der Waals surface area contributed by atoms with Crippen LogP contribution in [0.3, 0.4) is 0 Å². The summed E-state index contributed by atoms with van der Waals surface area (Å²) in [6.07, 6.45) is 3.97. The zero-order valence-electron chi connectivity index (χ0n) is 30.5. The monoisotopic (exact) mass is 780 g/mol. The fourth-order valence-electron chi connectivity index (χ4n) is 8.02. The SMILES string of the molecule is COC1=C(CNC[C@@H]2CCC(=O)N2)C=C(Cl)C(c2ccncc2)(c2cccc3c2CC[C@@H]3Nc2nc(OC)c(CNC[C@H]3CCC(=O)N3)cc2C(F)(F)F)N1. The Labute approximate surface area is 322 Å². The molecule has 2 amide bonds. The molecule has 2 saturated heterocycles. The number of halogens is 4. The molecule has 55 heavy (non-hydrogen) atoms. The van der Waals surface area contributed by atoms with Crippen LogP contribution in [0.1, 0.15) is 71.5 Å². The molecule has 2 aromatic heterocycles. The number of pyridine rings is 2. The molecule has 7 rings (SSSR count). The lowest BCUT2D eigenvalue weighted by Gasteiger charge is -2.41. The van der Waals surface area contributed by atoms with E-state index in [1.54, 1.807) is 19.5 Å². The fourth-order valence-corrected chi connectivity index (χ4v) is 8.41. The van der Waals surface area contributed by atoms with E-state index in [0.29, 0.717) is 62.7 Å². The number of fused-ring (bicyclic) bond motifs is 1. The standard InChI is InChI=1S/C39H44ClF3N8O4/c1-54-36-22(18-45-20-25-6-10-33(52)47-25)16-30(39(41,42)43)35(50-36)49-31-9-8-27-28(31)4-3-5-29(27)38(24-12-14-44-15-13-24)32(40)17-23(37(51-38)55-2)19-46-21-26-7-11-34(53)48-26/h3-5,12-17,25-26,31,45-46,51H,6-11,18-21H2,1-2H3,(H,47,52)(H,48,53)(H,49,50)/t25-,26+,31+,38?/m1/s1. The van der Waals surface area contributed by atoms with Crippen LogP contribution in [-0.4, -0.2) is 67.7 Å². The molecule has 5 heterocycles. The molecular weight excluding hydrogens is 737 g/mol. The number of methoxy groups -OCH3 is 2. The Kier molecular flexibility index (Phi) is 11.2. The third-order valence-corrected chi connectivity index (χ3v) is 11.1. The Bertz CT molecular complexity index is 2000. The van der Waals surface area contributed by atoms with Gasteiger partial charge in [0.15, 0.2) is 5.88 Å². The third kappa shape index (κ3) is 7.96. The van der Waals surface area contributed by atoms with Crippen LogP contribution < -0.4 is 36.6 Å². The van der Waals surface area contributed by atoms with Crippen molar-refractivity contribution in [2.24, 2.45) is 0 Å². The summed E-state index contributed by atoms with van der Waals surface area (Å²) >= 11 is 7.33. The van der Waals surface area contributed by atoms with Crippen LogP contribution >= 0.6 is 11.6 Å². The van der Waals surface area contributed by atoms with Crippen LogP contribution in [0.2, 0.25) is 0 Å². The van der Waals surface area contributed by atoms with Crippen LogP contribution in [0.4, 0.5) is 19.0 Å². The highest BCUT2D eigenvalue weighted by atomic mass is 35.5. The average molecular weight is 781 g/mol. The van der Waals surface area contributed by atoms with Gasteiger partial charge in [-0.25, -0.2) is 0 Å². The number of hydrogen-bond acceptors (Lipinski definition) is 10. The van der Waals surface area contributed by atoms with Gasteiger partial charge in [0.25, 0.3) is 0 Å². The summed E-state index contributed by atoms with van der Waals surface area (Å²) in [7, 11) is 2.96. The Hall–Kier alpha value is -4.86. The summed E-state index contributed by atoms with van der Waals surface area (Å²) in [6.45, 7) is 1.50. The molecule has 0 spiro atoms. The number of dihydropyridines is 1. The fraction of sp³-hybridized carbons (Fsp3) is 0.436. The van der Waals surface area contributed by atoms with Crippen molar-refractivity contribution in [3.63, 3.8) is 0 Å². The average Bonchev–Trinajstić information content (AvgIpc) is 3.91. The first kappa shape index (κ1) is 38.4. The molecule has 12 nitrogen and oxygen atoms in total. The van der Waals surface area contributed by atoms with Crippen molar-refractivity contribution >= 4 is 29.2 Å². The summed E-state index contributed by atoms with van der Waals surface area (Å²) in [4.78, 5) is 31.8. The van der Waals surface area contributed by atoms with Gasteiger partial charge in [0.1, 0.15) is 11.4 Å². The Morgan fingerprint density at radius 3 is 2.24 bits per heavy atom. The smallest absolute Gasteiger partial charge is 0.419 e. The zero-order valence-corrected chi connectivity index (χ0v) is 31.3. The Balaban J connectivity index is 1.18. The van der Waals surface area contributed by atoms with Gasteiger partial charge in [-0.05, 0) is 72.2 Å². The van der Waals surface area contributed by atoms with E-state index in [-0.39, 0.29) is 47.7 Å². The minimum absolute atomic E-state index is 0.0360. The van der Waals surface area contributed by atoms with Crippen molar-refractivity contribution in [1.82, 2.24) is 36.6 Å². The molecule has 16 heteroatoms. The lowest BCUT2D eigenvalue weighted by atomic mass is 9.77. The molecule has 6 N–H and O–H groups in total. The first-order valence-electron chi connectivity index (χ1n) is 18.4. The number of hydrogen-bond donors (Lipinski definition) is 6. The van der Waals surface area contributed by atoms with Crippen LogP contribution in [-0.2, 0) is 39.0 Å². The second-order valence-corrected chi connectivity index (χ2v) is 14.6. The van der Waals surface area contributed by atoms with Crippen molar-refractivity contribution in [1.29, 1.82) is 0 Å². The maximum Gasteiger partial charge on any atom is 0.419 e. The van der Waals surface area contributed by atoms with Crippen molar-refractivity contribution in [3.8, 4) is 5.88 Å². The van der Waals surface area contributed by atoms with Gasteiger partial charge in [0.2, 0.25) is 17.7 Å². The van der Waals surface area contributed by atoms with Crippen LogP contribution in [0, 0.1) is 0 Å². The molecule has 3 aliphatic heterocycles. The zero-order chi connectivity index (χ0) is 38.7. The van der Waals surface area contributed by atoms with Crippen molar-refractivity contribution in [2.45, 2.75) is 74.9 Å². The van der Waals surface area contributed by atoms with Gasteiger partial charge in [-0.2, -0.15) is 18.2 Å². The minimum Gasteiger partial charge on any atom is -0.482 e. The van der Waals surface area contributed by atoms with Gasteiger partial charge in [0.05, 0.1) is 30.9 Å². The predicted molar refractivity (Wildman–Crippen MR) is 200 cm³/mol. The summed E-state index contributed by atoms with van der Waals surface area (Å²) < 4.78 is 55.3. The van der Waals surface area contributed by atoms with Gasteiger partial charge in [-0.1, -0.05) is 29.8 Å². The summed E-state index contributed by atoms with van der Waals surface area (Å²) in [5.41, 5.74) is 2.43. The lowest BCUT2D eigenvalue weighted by molar-refractivity contribution is -0.137. The number of nitrogens with zero attached hydrogens (tertiary/aromatic N) is 2. The van der Waals surface area contributed by atoms with E-state index in [0.717, 1.165) is 40.3 Å². The molecule has 0 saturated carbocycles. The van der Waals surface area contributed by atoms with Gasteiger partial charge in [0, 0.05) is 74.6 Å². The van der Waals surface area contributed by atoms with Gasteiger partial charge >= 0.3 is 6.18 Å². The van der Waals surface area contributed by atoms with Crippen LogP contribution in [0.15, 0.2) is 71.4 Å². The molecule has 3 aromatic rings. The molecule has 2 fully saturated rings. The number of rotatable bonds is 14. The van der Waals surface area contributed by atoms with Crippen molar-refractivity contribution < 1.29 is 32.2 Å². The lowest BCUT2D eigenvalue weighted by Crippen LogP contribution is -2.47. The molecule has 0 bridgehead atoms. The normalized spacial score (nSPS) is 23.5. The molecule has 1 unspecified atom stereocenters. The Morgan fingerprint density at radius 2 is 1.62 bits per heavy atom. The molecule has 1 aliphatic carbocycles. The summed E-state index contributed by atoms with van der Waals surface area (Å²) in [5.74, 6) is 0.264. The molecule has 4 aliphatic rings. The maximum absolute atomic E-state index is 14.6. The number of ether oxygens (including phenoxy) is 2. The second kappa shape index (κ2) is 16.1. The maximum atomic E-state index is 14.6. The number of carbonyl (C=O) groups excluding carboxylic acids is 2. The van der Waals surface area contributed by atoms with E-state index in [9.17, 15) is 22.8 Å².